The molecular formula is C13H16N6O. The number of aromatic amines is 1. The minimum atomic E-state index is -0.336. The summed E-state index contributed by atoms with van der Waals surface area (Å²) < 4.78 is 0. The molecule has 2 saturated heterocycles. The van der Waals surface area contributed by atoms with Crippen molar-refractivity contribution >= 4 is 22.8 Å². The van der Waals surface area contributed by atoms with Crippen LogP contribution in [0.1, 0.15) is 6.42 Å². The Labute approximate surface area is 115 Å². The maximum absolute atomic E-state index is 11.9. The molecule has 2 aliphatic rings. The summed E-state index contributed by atoms with van der Waals surface area (Å²) in [5.74, 6) is 1.02. The molecule has 4 heterocycles. The van der Waals surface area contributed by atoms with E-state index in [9.17, 15) is 4.79 Å². The number of rotatable bonds is 1. The van der Waals surface area contributed by atoms with Gasteiger partial charge in [0.2, 0.25) is 5.91 Å². The van der Waals surface area contributed by atoms with E-state index in [1.807, 2.05) is 17.2 Å². The highest BCUT2D eigenvalue weighted by atomic mass is 16.2. The lowest BCUT2D eigenvalue weighted by Gasteiger charge is -2.38. The molecular weight excluding hydrogens is 256 g/mol. The summed E-state index contributed by atoms with van der Waals surface area (Å²) >= 11 is 0. The van der Waals surface area contributed by atoms with Gasteiger partial charge in [-0.25, -0.2) is 9.97 Å². The summed E-state index contributed by atoms with van der Waals surface area (Å²) in [5, 5.41) is 1.02. The highest BCUT2D eigenvalue weighted by Crippen LogP contribution is 2.28. The quantitative estimate of drug-likeness (QED) is 0.744. The Morgan fingerprint density at radius 3 is 3.15 bits per heavy atom. The van der Waals surface area contributed by atoms with Gasteiger partial charge in [0.1, 0.15) is 17.8 Å². The van der Waals surface area contributed by atoms with Gasteiger partial charge in [-0.1, -0.05) is 0 Å². The topological polar surface area (TPSA) is 91.1 Å². The van der Waals surface area contributed by atoms with Crippen LogP contribution in [0.5, 0.6) is 0 Å². The van der Waals surface area contributed by atoms with Gasteiger partial charge in [-0.3, -0.25) is 4.79 Å². The lowest BCUT2D eigenvalue weighted by atomic mass is 10.1. The van der Waals surface area contributed by atoms with E-state index < -0.39 is 0 Å². The number of nitrogens with two attached hydrogens (primary N) is 1. The maximum atomic E-state index is 11.9. The number of carbonyl (C=O) groups is 1. The van der Waals surface area contributed by atoms with Crippen LogP contribution >= 0.6 is 0 Å². The second kappa shape index (κ2) is 4.17. The third kappa shape index (κ3) is 1.59. The van der Waals surface area contributed by atoms with Crippen LogP contribution in [0.3, 0.4) is 0 Å². The van der Waals surface area contributed by atoms with Crippen molar-refractivity contribution in [2.75, 3.05) is 24.5 Å². The standard InChI is InChI=1S/C13H16N6O/c14-10-5-8-6-18(3-4-19(8)13(10)20)12-9-1-2-15-11(9)16-7-17-12/h1-2,7-8,10H,3-6,14H2,(H,15,16,17). The molecule has 0 radical (unpaired) electrons. The molecule has 0 saturated carbocycles. The number of fused-ring (bicyclic) bond motifs is 2. The number of nitrogens with one attached hydrogen (secondary N) is 1. The van der Waals surface area contributed by atoms with Gasteiger partial charge in [-0.15, -0.1) is 0 Å². The molecule has 2 aromatic rings. The first-order chi connectivity index (χ1) is 9.74. The first-order valence-electron chi connectivity index (χ1n) is 6.83. The first-order valence-corrected chi connectivity index (χ1v) is 6.83. The number of anilines is 1. The van der Waals surface area contributed by atoms with Gasteiger partial charge in [0, 0.05) is 25.8 Å². The number of hydrogen-bond donors (Lipinski definition) is 2. The average molecular weight is 272 g/mol. The molecule has 2 unspecified atom stereocenters. The van der Waals surface area contributed by atoms with Crippen LogP contribution in [0.4, 0.5) is 5.82 Å². The highest BCUT2D eigenvalue weighted by molar-refractivity contribution is 5.88. The summed E-state index contributed by atoms with van der Waals surface area (Å²) in [5.41, 5.74) is 6.70. The summed E-state index contributed by atoms with van der Waals surface area (Å²) in [7, 11) is 0. The molecule has 1 amide bonds. The van der Waals surface area contributed by atoms with Gasteiger partial charge in [0.05, 0.1) is 17.5 Å². The van der Waals surface area contributed by atoms with E-state index >= 15 is 0 Å². The molecule has 0 spiro atoms. The van der Waals surface area contributed by atoms with E-state index in [1.165, 1.54) is 0 Å². The van der Waals surface area contributed by atoms with Gasteiger partial charge in [0.25, 0.3) is 0 Å². The van der Waals surface area contributed by atoms with E-state index in [4.69, 9.17) is 5.73 Å². The molecule has 2 atom stereocenters. The number of aromatic nitrogens is 3. The van der Waals surface area contributed by atoms with E-state index in [0.29, 0.717) is 6.54 Å². The Morgan fingerprint density at radius 2 is 2.25 bits per heavy atom. The monoisotopic (exact) mass is 272 g/mol. The van der Waals surface area contributed by atoms with Gasteiger partial charge < -0.3 is 20.5 Å². The summed E-state index contributed by atoms with van der Waals surface area (Å²) in [6, 6.07) is 1.86. The summed E-state index contributed by atoms with van der Waals surface area (Å²) in [6.45, 7) is 2.29. The number of nitrogens with zero attached hydrogens (tertiary/aromatic N) is 4. The van der Waals surface area contributed by atoms with Crippen molar-refractivity contribution in [1.29, 1.82) is 0 Å². The number of carbonyl (C=O) groups excluding carboxylic acids is 1. The van der Waals surface area contributed by atoms with Gasteiger partial charge in [-0.2, -0.15) is 0 Å². The molecule has 20 heavy (non-hydrogen) atoms. The molecule has 0 aromatic carbocycles. The van der Waals surface area contributed by atoms with Crippen molar-refractivity contribution < 1.29 is 4.79 Å². The molecule has 4 rings (SSSR count). The van der Waals surface area contributed by atoms with Crippen LogP contribution in [-0.2, 0) is 4.79 Å². The van der Waals surface area contributed by atoms with Crippen molar-refractivity contribution in [3.05, 3.63) is 18.6 Å². The van der Waals surface area contributed by atoms with E-state index in [0.717, 1.165) is 36.4 Å². The van der Waals surface area contributed by atoms with Crippen LogP contribution in [0.2, 0.25) is 0 Å². The maximum Gasteiger partial charge on any atom is 0.239 e. The SMILES string of the molecule is NC1CC2CN(c3ncnc4[nH]ccc34)CCN2C1=O. The average Bonchev–Trinajstić information content (AvgIpc) is 3.04. The van der Waals surface area contributed by atoms with E-state index in [-0.39, 0.29) is 18.0 Å². The van der Waals surface area contributed by atoms with Crippen molar-refractivity contribution in [2.24, 2.45) is 5.73 Å². The zero-order valence-corrected chi connectivity index (χ0v) is 11.0. The Hall–Kier alpha value is -2.15. The van der Waals surface area contributed by atoms with E-state index in [1.54, 1.807) is 6.33 Å². The minimum absolute atomic E-state index is 0.0872. The van der Waals surface area contributed by atoms with Crippen molar-refractivity contribution in [2.45, 2.75) is 18.5 Å². The number of piperazine rings is 1. The zero-order valence-electron chi connectivity index (χ0n) is 11.0. The second-order valence-electron chi connectivity index (χ2n) is 5.41. The smallest absolute Gasteiger partial charge is 0.239 e. The molecule has 104 valence electrons. The Bertz CT molecular complexity index is 668. The fourth-order valence-corrected chi connectivity index (χ4v) is 3.26. The van der Waals surface area contributed by atoms with Crippen molar-refractivity contribution in [1.82, 2.24) is 19.9 Å². The van der Waals surface area contributed by atoms with Crippen LogP contribution < -0.4 is 10.6 Å². The van der Waals surface area contributed by atoms with Crippen molar-refractivity contribution in [3.8, 4) is 0 Å². The Morgan fingerprint density at radius 1 is 1.35 bits per heavy atom. The zero-order chi connectivity index (χ0) is 13.7. The predicted molar refractivity (Wildman–Crippen MR) is 74.2 cm³/mol. The molecule has 2 fully saturated rings. The Balaban J connectivity index is 1.65. The van der Waals surface area contributed by atoms with Gasteiger partial charge >= 0.3 is 0 Å². The molecule has 3 N–H and O–H groups in total. The highest BCUT2D eigenvalue weighted by Gasteiger charge is 2.41. The fourth-order valence-electron chi connectivity index (χ4n) is 3.26. The molecule has 7 nitrogen and oxygen atoms in total. The summed E-state index contributed by atoms with van der Waals surface area (Å²) in [4.78, 5) is 27.8. The number of amides is 1. The second-order valence-corrected chi connectivity index (χ2v) is 5.41. The van der Waals surface area contributed by atoms with E-state index in [2.05, 4.69) is 19.9 Å². The molecule has 7 heteroatoms. The molecule has 0 bridgehead atoms. The third-order valence-electron chi connectivity index (χ3n) is 4.24. The van der Waals surface area contributed by atoms with Crippen molar-refractivity contribution in [3.63, 3.8) is 0 Å². The molecule has 2 aromatic heterocycles. The number of hydrogen-bond acceptors (Lipinski definition) is 5. The number of H-pyrrole nitrogens is 1. The molecule has 0 aliphatic carbocycles. The molecule has 2 aliphatic heterocycles. The largest absolute Gasteiger partial charge is 0.352 e. The fraction of sp³-hybridized carbons (Fsp3) is 0.462. The predicted octanol–water partition coefficient (Wildman–Crippen LogP) is -0.294. The summed E-state index contributed by atoms with van der Waals surface area (Å²) in [6.07, 6.45) is 4.18. The van der Waals surface area contributed by atoms with Gasteiger partial charge in [0.15, 0.2) is 0 Å². The van der Waals surface area contributed by atoms with Crippen LogP contribution in [0, 0.1) is 0 Å². The van der Waals surface area contributed by atoms with Crippen LogP contribution in [0.25, 0.3) is 11.0 Å². The van der Waals surface area contributed by atoms with Crippen LogP contribution in [-0.4, -0.2) is 57.5 Å². The Kier molecular flexibility index (Phi) is 2.43. The lowest BCUT2D eigenvalue weighted by Crippen LogP contribution is -2.52. The lowest BCUT2D eigenvalue weighted by molar-refractivity contribution is -0.130. The normalized spacial score (nSPS) is 26.4. The minimum Gasteiger partial charge on any atom is -0.352 e. The first kappa shape index (κ1) is 11.7. The van der Waals surface area contributed by atoms with Gasteiger partial charge in [-0.05, 0) is 12.5 Å². The van der Waals surface area contributed by atoms with Crippen LogP contribution in [0.15, 0.2) is 18.6 Å². The third-order valence-corrected chi connectivity index (χ3v) is 4.24.